The Balaban J connectivity index is 3.00. The molecule has 0 aliphatic heterocycles. The molecule has 4 nitrogen and oxygen atoms in total. The first-order valence-corrected chi connectivity index (χ1v) is 6.12. The largest absolute Gasteiger partial charge is 0.480 e. The quantitative estimate of drug-likeness (QED) is 0.850. The summed E-state index contributed by atoms with van der Waals surface area (Å²) in [6.07, 6.45) is 1.51. The molecule has 1 aromatic carbocycles. The Morgan fingerprint density at radius 3 is 2.61 bits per heavy atom. The Morgan fingerprint density at radius 2 is 2.11 bits per heavy atom. The van der Waals surface area contributed by atoms with Gasteiger partial charge in [0.05, 0.1) is 0 Å². The van der Waals surface area contributed by atoms with E-state index in [9.17, 15) is 9.59 Å². The molecule has 1 amide bonds. The van der Waals surface area contributed by atoms with Gasteiger partial charge in [-0.05, 0) is 30.7 Å². The highest BCUT2D eigenvalue weighted by Gasteiger charge is 2.17. The molecule has 0 aromatic heterocycles. The normalized spacial score (nSPS) is 9.89. The summed E-state index contributed by atoms with van der Waals surface area (Å²) in [6.45, 7) is 5.26. The number of hydrogen-bond donors (Lipinski definition) is 1. The molecule has 5 heteroatoms. The summed E-state index contributed by atoms with van der Waals surface area (Å²) in [5, 5.41) is 8.78. The van der Waals surface area contributed by atoms with Gasteiger partial charge in [0.15, 0.2) is 0 Å². The van der Waals surface area contributed by atoms with Gasteiger partial charge < -0.3 is 10.0 Å². The lowest BCUT2D eigenvalue weighted by Crippen LogP contribution is -2.35. The lowest BCUT2D eigenvalue weighted by Gasteiger charge is -2.19. The van der Waals surface area contributed by atoms with Crippen LogP contribution in [0.3, 0.4) is 0 Å². The minimum Gasteiger partial charge on any atom is -0.480 e. The fourth-order valence-corrected chi connectivity index (χ4v) is 2.19. The average molecular weight is 312 g/mol. The van der Waals surface area contributed by atoms with Crippen LogP contribution in [0.1, 0.15) is 15.9 Å². The number of aryl methyl sites for hydroxylation is 1. The average Bonchev–Trinajstić information content (AvgIpc) is 2.25. The number of hydrogen-bond acceptors (Lipinski definition) is 2. The summed E-state index contributed by atoms with van der Waals surface area (Å²) >= 11 is 3.31. The van der Waals surface area contributed by atoms with Gasteiger partial charge in [0.25, 0.3) is 5.91 Å². The lowest BCUT2D eigenvalue weighted by atomic mass is 10.1. The fraction of sp³-hybridized carbons (Fsp3) is 0.231. The van der Waals surface area contributed by atoms with E-state index < -0.39 is 5.97 Å². The summed E-state index contributed by atoms with van der Waals surface area (Å²) in [5.41, 5.74) is 1.39. The molecule has 0 aliphatic rings. The van der Waals surface area contributed by atoms with E-state index in [1.165, 1.54) is 11.0 Å². The number of carboxylic acids is 1. The number of carbonyl (C=O) groups is 2. The molecule has 0 unspecified atom stereocenters. The first-order chi connectivity index (χ1) is 8.43. The van der Waals surface area contributed by atoms with Crippen LogP contribution in [0.25, 0.3) is 0 Å². The Bertz CT molecular complexity index is 465. The summed E-state index contributed by atoms with van der Waals surface area (Å²) in [6, 6.07) is 5.28. The molecule has 1 N–H and O–H groups in total. The molecule has 0 saturated heterocycles. The van der Waals surface area contributed by atoms with Gasteiger partial charge in [0.2, 0.25) is 0 Å². The maximum atomic E-state index is 12.2. The first kappa shape index (κ1) is 14.4. The molecule has 0 bridgehead atoms. The van der Waals surface area contributed by atoms with Crippen molar-refractivity contribution in [1.82, 2.24) is 4.90 Å². The zero-order valence-electron chi connectivity index (χ0n) is 10.0. The predicted octanol–water partition coefficient (Wildman–Crippen LogP) is 2.47. The van der Waals surface area contributed by atoms with E-state index in [-0.39, 0.29) is 19.0 Å². The number of amides is 1. The summed E-state index contributed by atoms with van der Waals surface area (Å²) < 4.78 is 0.791. The van der Waals surface area contributed by atoms with E-state index in [2.05, 4.69) is 22.5 Å². The van der Waals surface area contributed by atoms with Crippen molar-refractivity contribution in [2.45, 2.75) is 6.92 Å². The highest BCUT2D eigenvalue weighted by atomic mass is 79.9. The maximum Gasteiger partial charge on any atom is 0.323 e. The van der Waals surface area contributed by atoms with Crippen LogP contribution in [0.15, 0.2) is 35.3 Å². The number of carboxylic acid groups (broad SMARTS) is 1. The number of nitrogens with zero attached hydrogens (tertiary/aromatic N) is 1. The Hall–Kier alpha value is -1.62. The molecule has 0 spiro atoms. The molecular formula is C13H14BrNO3. The van der Waals surface area contributed by atoms with Crippen LogP contribution in [0.2, 0.25) is 0 Å². The van der Waals surface area contributed by atoms with Crippen LogP contribution in [-0.4, -0.2) is 35.0 Å². The molecular weight excluding hydrogens is 298 g/mol. The maximum absolute atomic E-state index is 12.2. The first-order valence-electron chi connectivity index (χ1n) is 5.33. The van der Waals surface area contributed by atoms with Gasteiger partial charge in [0, 0.05) is 16.6 Å². The monoisotopic (exact) mass is 311 g/mol. The molecule has 0 atom stereocenters. The van der Waals surface area contributed by atoms with Crippen molar-refractivity contribution in [1.29, 1.82) is 0 Å². The lowest BCUT2D eigenvalue weighted by molar-refractivity contribution is -0.137. The molecule has 0 heterocycles. The SMILES string of the molecule is C=CCN(CC(=O)O)C(=O)c1cc(C)cc(Br)c1. The van der Waals surface area contributed by atoms with Crippen LogP contribution >= 0.6 is 15.9 Å². The molecule has 0 aliphatic carbocycles. The second-order valence-electron chi connectivity index (χ2n) is 3.89. The van der Waals surface area contributed by atoms with Crippen molar-refractivity contribution in [2.24, 2.45) is 0 Å². The molecule has 1 aromatic rings. The molecule has 1 rings (SSSR count). The van der Waals surface area contributed by atoms with Crippen molar-refractivity contribution in [3.63, 3.8) is 0 Å². The van der Waals surface area contributed by atoms with E-state index in [0.717, 1.165) is 10.0 Å². The van der Waals surface area contributed by atoms with Gasteiger partial charge >= 0.3 is 5.97 Å². The van der Waals surface area contributed by atoms with Gasteiger partial charge in [-0.1, -0.05) is 22.0 Å². The molecule has 18 heavy (non-hydrogen) atoms. The number of aliphatic carboxylic acids is 1. The third-order valence-electron chi connectivity index (χ3n) is 2.25. The molecule has 96 valence electrons. The second kappa shape index (κ2) is 6.35. The molecule has 0 fully saturated rings. The van der Waals surface area contributed by atoms with E-state index in [1.807, 2.05) is 13.0 Å². The Kier molecular flexibility index (Phi) is 5.09. The topological polar surface area (TPSA) is 57.6 Å². The van der Waals surface area contributed by atoms with Crippen molar-refractivity contribution < 1.29 is 14.7 Å². The zero-order valence-corrected chi connectivity index (χ0v) is 11.6. The van der Waals surface area contributed by atoms with Gasteiger partial charge in [-0.2, -0.15) is 0 Å². The highest BCUT2D eigenvalue weighted by molar-refractivity contribution is 9.10. The van der Waals surface area contributed by atoms with Gasteiger partial charge in [-0.25, -0.2) is 0 Å². The Morgan fingerprint density at radius 1 is 1.44 bits per heavy atom. The minimum absolute atomic E-state index is 0.205. The van der Waals surface area contributed by atoms with Crippen LogP contribution in [0, 0.1) is 6.92 Å². The number of halogens is 1. The van der Waals surface area contributed by atoms with Crippen molar-refractivity contribution in [3.05, 3.63) is 46.5 Å². The number of rotatable bonds is 5. The number of benzene rings is 1. The second-order valence-corrected chi connectivity index (χ2v) is 4.80. The van der Waals surface area contributed by atoms with E-state index >= 15 is 0 Å². The highest BCUT2D eigenvalue weighted by Crippen LogP contribution is 2.16. The van der Waals surface area contributed by atoms with Gasteiger partial charge in [0.1, 0.15) is 6.54 Å². The third kappa shape index (κ3) is 4.00. The smallest absolute Gasteiger partial charge is 0.323 e. The van der Waals surface area contributed by atoms with Crippen molar-refractivity contribution in [2.75, 3.05) is 13.1 Å². The summed E-state index contributed by atoms with van der Waals surface area (Å²) in [5.74, 6) is -1.36. The summed E-state index contributed by atoms with van der Waals surface area (Å²) in [7, 11) is 0. The van der Waals surface area contributed by atoms with Crippen LogP contribution in [0.4, 0.5) is 0 Å². The van der Waals surface area contributed by atoms with E-state index in [0.29, 0.717) is 5.56 Å². The van der Waals surface area contributed by atoms with Gasteiger partial charge in [-0.3, -0.25) is 9.59 Å². The van der Waals surface area contributed by atoms with E-state index in [1.54, 1.807) is 12.1 Å². The van der Waals surface area contributed by atoms with Crippen LogP contribution in [0.5, 0.6) is 0 Å². The minimum atomic E-state index is -1.04. The fourth-order valence-electron chi connectivity index (χ4n) is 1.58. The molecule has 0 saturated carbocycles. The zero-order chi connectivity index (χ0) is 13.7. The molecule has 0 radical (unpaired) electrons. The predicted molar refractivity (Wildman–Crippen MR) is 72.6 cm³/mol. The Labute approximate surface area is 114 Å². The van der Waals surface area contributed by atoms with Crippen molar-refractivity contribution >= 4 is 27.8 Å². The third-order valence-corrected chi connectivity index (χ3v) is 2.71. The number of carbonyl (C=O) groups excluding carboxylic acids is 1. The standard InChI is InChI=1S/C13H14BrNO3/c1-3-4-15(8-12(16)17)13(18)10-5-9(2)6-11(14)7-10/h3,5-7H,1,4,8H2,2H3,(H,16,17). The van der Waals surface area contributed by atoms with Gasteiger partial charge in [-0.15, -0.1) is 6.58 Å². The van der Waals surface area contributed by atoms with Crippen LogP contribution < -0.4 is 0 Å². The van der Waals surface area contributed by atoms with E-state index in [4.69, 9.17) is 5.11 Å². The van der Waals surface area contributed by atoms with Crippen molar-refractivity contribution in [3.8, 4) is 0 Å². The van der Waals surface area contributed by atoms with Crippen LogP contribution in [-0.2, 0) is 4.79 Å². The summed E-state index contributed by atoms with van der Waals surface area (Å²) in [4.78, 5) is 24.1.